The zero-order valence-corrected chi connectivity index (χ0v) is 17.5. The van der Waals surface area contributed by atoms with Crippen molar-refractivity contribution in [3.8, 4) is 0 Å². The Morgan fingerprint density at radius 1 is 1.21 bits per heavy atom. The van der Waals surface area contributed by atoms with Gasteiger partial charge in [0, 0.05) is 38.8 Å². The molecule has 0 unspecified atom stereocenters. The second-order valence-electron chi connectivity index (χ2n) is 8.01. The van der Waals surface area contributed by atoms with Gasteiger partial charge in [0.05, 0.1) is 4.90 Å². The molecule has 0 aliphatic carbocycles. The first-order chi connectivity index (χ1) is 13.6. The molecule has 2 saturated heterocycles. The zero-order valence-electron chi connectivity index (χ0n) is 16.6. The summed E-state index contributed by atoms with van der Waals surface area (Å²) in [4.78, 5) is 39.0. The Morgan fingerprint density at radius 2 is 1.86 bits per heavy atom. The number of benzene rings is 1. The SMILES string of the molecule is CC(=O)N1c2ccc(S(=O)(=O)N3CCC4(CC3)NC(=O)N(C)C4=O)cc2C[C@H]1C. The molecule has 0 saturated carbocycles. The Kier molecular flexibility index (Phi) is 4.47. The van der Waals surface area contributed by atoms with E-state index in [9.17, 15) is 22.8 Å². The minimum absolute atomic E-state index is 0.00993. The molecule has 1 atom stereocenters. The maximum absolute atomic E-state index is 13.2. The average Bonchev–Trinajstić information content (AvgIpc) is 3.10. The van der Waals surface area contributed by atoms with Gasteiger partial charge >= 0.3 is 6.03 Å². The fourth-order valence-electron chi connectivity index (χ4n) is 4.60. The monoisotopic (exact) mass is 420 g/mol. The van der Waals surface area contributed by atoms with Crippen molar-refractivity contribution in [3.63, 3.8) is 0 Å². The van der Waals surface area contributed by atoms with Crippen molar-refractivity contribution in [2.75, 3.05) is 25.0 Å². The van der Waals surface area contributed by atoms with E-state index in [-0.39, 0.29) is 48.7 Å². The molecule has 3 aliphatic heterocycles. The number of hydrogen-bond donors (Lipinski definition) is 1. The Hall–Kier alpha value is -2.46. The van der Waals surface area contributed by atoms with Crippen LogP contribution < -0.4 is 10.2 Å². The van der Waals surface area contributed by atoms with Crippen LogP contribution in [0.15, 0.2) is 23.1 Å². The molecule has 1 aromatic rings. The lowest BCUT2D eigenvalue weighted by atomic mass is 9.88. The number of fused-ring (bicyclic) bond motifs is 1. The van der Waals surface area contributed by atoms with Gasteiger partial charge in [0.1, 0.15) is 5.54 Å². The molecule has 1 spiro atoms. The Balaban J connectivity index is 1.55. The number of amides is 4. The van der Waals surface area contributed by atoms with Crippen LogP contribution in [-0.4, -0.2) is 67.2 Å². The fourth-order valence-corrected chi connectivity index (χ4v) is 6.09. The van der Waals surface area contributed by atoms with E-state index in [1.54, 1.807) is 17.0 Å². The van der Waals surface area contributed by atoms with E-state index < -0.39 is 21.6 Å². The van der Waals surface area contributed by atoms with Crippen LogP contribution in [0.1, 0.15) is 32.3 Å². The van der Waals surface area contributed by atoms with Crippen LogP contribution >= 0.6 is 0 Å². The van der Waals surface area contributed by atoms with E-state index in [2.05, 4.69) is 5.32 Å². The number of anilines is 1. The van der Waals surface area contributed by atoms with Crippen LogP contribution in [0, 0.1) is 0 Å². The number of rotatable bonds is 2. The molecular weight excluding hydrogens is 396 g/mol. The van der Waals surface area contributed by atoms with Crippen molar-refractivity contribution in [1.82, 2.24) is 14.5 Å². The Bertz CT molecular complexity index is 1010. The van der Waals surface area contributed by atoms with Gasteiger partial charge in [-0.1, -0.05) is 0 Å². The molecule has 156 valence electrons. The second kappa shape index (κ2) is 6.53. The van der Waals surface area contributed by atoms with Crippen LogP contribution in [-0.2, 0) is 26.0 Å². The third kappa shape index (κ3) is 2.93. The normalized spacial score (nSPS) is 24.2. The number of carbonyl (C=O) groups is 3. The molecule has 10 heteroatoms. The summed E-state index contributed by atoms with van der Waals surface area (Å²) in [6, 6.07) is 4.40. The van der Waals surface area contributed by atoms with Gasteiger partial charge in [-0.2, -0.15) is 4.31 Å². The summed E-state index contributed by atoms with van der Waals surface area (Å²) in [5, 5.41) is 2.71. The largest absolute Gasteiger partial charge is 0.324 e. The molecular formula is C19H24N4O5S. The van der Waals surface area contributed by atoms with Crippen LogP contribution in [0.25, 0.3) is 0 Å². The third-order valence-electron chi connectivity index (χ3n) is 6.18. The third-order valence-corrected chi connectivity index (χ3v) is 8.08. The number of likely N-dealkylation sites (N-methyl/N-ethyl adjacent to an activating group) is 1. The minimum Gasteiger partial charge on any atom is -0.323 e. The number of carbonyl (C=O) groups excluding carboxylic acids is 3. The number of piperidine rings is 1. The van der Waals surface area contributed by atoms with Crippen LogP contribution in [0.2, 0.25) is 0 Å². The quantitative estimate of drug-likeness (QED) is 0.709. The predicted molar refractivity (Wildman–Crippen MR) is 105 cm³/mol. The van der Waals surface area contributed by atoms with Gasteiger partial charge < -0.3 is 10.2 Å². The zero-order chi connectivity index (χ0) is 21.1. The van der Waals surface area contributed by atoms with E-state index in [0.717, 1.165) is 16.2 Å². The van der Waals surface area contributed by atoms with E-state index in [4.69, 9.17) is 0 Å². The van der Waals surface area contributed by atoms with Crippen molar-refractivity contribution in [3.05, 3.63) is 23.8 Å². The molecule has 4 rings (SSSR count). The predicted octanol–water partition coefficient (Wildman–Crippen LogP) is 0.689. The highest BCUT2D eigenvalue weighted by molar-refractivity contribution is 7.89. The number of nitrogens with one attached hydrogen (secondary N) is 1. The lowest BCUT2D eigenvalue weighted by Gasteiger charge is -2.36. The highest BCUT2D eigenvalue weighted by atomic mass is 32.2. The second-order valence-corrected chi connectivity index (χ2v) is 9.95. The van der Waals surface area contributed by atoms with E-state index in [1.165, 1.54) is 24.3 Å². The summed E-state index contributed by atoms with van der Waals surface area (Å²) < 4.78 is 27.7. The minimum atomic E-state index is -3.74. The van der Waals surface area contributed by atoms with Gasteiger partial charge in [-0.3, -0.25) is 14.5 Å². The standard InChI is InChI=1S/C19H24N4O5S/c1-12-10-14-11-15(4-5-16(14)23(12)13(2)24)29(27,28)22-8-6-19(7-9-22)17(25)21(3)18(26)20-19/h4-5,11-12H,6-10H2,1-3H3,(H,20,26)/t12-/m1/s1. The van der Waals surface area contributed by atoms with Crippen molar-refractivity contribution >= 4 is 33.6 Å². The highest BCUT2D eigenvalue weighted by Crippen LogP contribution is 2.36. The van der Waals surface area contributed by atoms with Crippen LogP contribution in [0.4, 0.5) is 10.5 Å². The molecule has 1 N–H and O–H groups in total. The van der Waals surface area contributed by atoms with Crippen molar-refractivity contribution in [2.24, 2.45) is 0 Å². The van der Waals surface area contributed by atoms with E-state index in [0.29, 0.717) is 6.42 Å². The van der Waals surface area contributed by atoms with Gasteiger partial charge in [-0.05, 0) is 49.9 Å². The molecule has 9 nitrogen and oxygen atoms in total. The van der Waals surface area contributed by atoms with Crippen molar-refractivity contribution in [1.29, 1.82) is 0 Å². The maximum atomic E-state index is 13.2. The van der Waals surface area contributed by atoms with Gasteiger partial charge in [0.25, 0.3) is 5.91 Å². The van der Waals surface area contributed by atoms with E-state index in [1.807, 2.05) is 6.92 Å². The molecule has 0 aromatic heterocycles. The molecule has 29 heavy (non-hydrogen) atoms. The lowest BCUT2D eigenvalue weighted by molar-refractivity contribution is -0.131. The first-order valence-electron chi connectivity index (χ1n) is 9.60. The number of sulfonamides is 1. The highest BCUT2D eigenvalue weighted by Gasteiger charge is 2.52. The maximum Gasteiger partial charge on any atom is 0.324 e. The Labute approximate surface area is 169 Å². The summed E-state index contributed by atoms with van der Waals surface area (Å²) >= 11 is 0. The van der Waals surface area contributed by atoms with Gasteiger partial charge in [0.2, 0.25) is 15.9 Å². The van der Waals surface area contributed by atoms with Crippen LogP contribution in [0.5, 0.6) is 0 Å². The molecule has 0 radical (unpaired) electrons. The summed E-state index contributed by atoms with van der Waals surface area (Å²) in [6.07, 6.45) is 1.08. The number of nitrogens with zero attached hydrogens (tertiary/aromatic N) is 3. The molecule has 3 heterocycles. The number of hydrogen-bond acceptors (Lipinski definition) is 5. The Morgan fingerprint density at radius 3 is 2.41 bits per heavy atom. The van der Waals surface area contributed by atoms with Crippen LogP contribution in [0.3, 0.4) is 0 Å². The summed E-state index contributed by atoms with van der Waals surface area (Å²) in [5.41, 5.74) is 0.582. The molecule has 1 aromatic carbocycles. The topological polar surface area (TPSA) is 107 Å². The van der Waals surface area contributed by atoms with E-state index >= 15 is 0 Å². The summed E-state index contributed by atoms with van der Waals surface area (Å²) in [7, 11) is -2.32. The molecule has 0 bridgehead atoms. The molecule has 2 fully saturated rings. The van der Waals surface area contributed by atoms with Gasteiger partial charge in [0.15, 0.2) is 0 Å². The molecule has 4 amide bonds. The number of urea groups is 1. The lowest BCUT2D eigenvalue weighted by Crippen LogP contribution is -2.55. The van der Waals surface area contributed by atoms with Gasteiger partial charge in [-0.25, -0.2) is 13.2 Å². The van der Waals surface area contributed by atoms with Crippen molar-refractivity contribution < 1.29 is 22.8 Å². The first-order valence-corrected chi connectivity index (χ1v) is 11.0. The first kappa shape index (κ1) is 19.8. The van der Waals surface area contributed by atoms with Gasteiger partial charge in [-0.15, -0.1) is 0 Å². The molecule has 3 aliphatic rings. The summed E-state index contributed by atoms with van der Waals surface area (Å²) in [6.45, 7) is 3.73. The number of imide groups is 1. The smallest absolute Gasteiger partial charge is 0.323 e. The fraction of sp³-hybridized carbons (Fsp3) is 0.526. The average molecular weight is 420 g/mol. The summed E-state index contributed by atoms with van der Waals surface area (Å²) in [5.74, 6) is -0.378. The van der Waals surface area contributed by atoms with Crippen molar-refractivity contribution in [2.45, 2.75) is 49.6 Å².